The van der Waals surface area contributed by atoms with Gasteiger partial charge in [-0.3, -0.25) is 9.59 Å². The molecule has 0 aromatic heterocycles. The normalized spacial score (nSPS) is 27.9. The summed E-state index contributed by atoms with van der Waals surface area (Å²) in [4.78, 5) is 24.0. The Kier molecular flexibility index (Phi) is 2.43. The smallest absolute Gasteiger partial charge is 0.166 e. The van der Waals surface area contributed by atoms with E-state index in [1.54, 1.807) is 6.08 Å². The van der Waals surface area contributed by atoms with E-state index in [0.29, 0.717) is 0 Å². The zero-order chi connectivity index (χ0) is 11.8. The minimum absolute atomic E-state index is 0.00445. The summed E-state index contributed by atoms with van der Waals surface area (Å²) >= 11 is 0. The van der Waals surface area contributed by atoms with Crippen molar-refractivity contribution >= 4 is 17.1 Å². The number of carbonyl (C=O) groups is 2. The van der Waals surface area contributed by atoms with Crippen molar-refractivity contribution in [3.63, 3.8) is 0 Å². The SMILES string of the molecule is O=C1C=C(c2ccccc2)C2CCCC1C2=O. The van der Waals surface area contributed by atoms with Gasteiger partial charge in [-0.25, -0.2) is 0 Å². The van der Waals surface area contributed by atoms with Gasteiger partial charge in [0, 0.05) is 5.92 Å². The third-order valence-electron chi connectivity index (χ3n) is 3.80. The van der Waals surface area contributed by atoms with Gasteiger partial charge in [0.2, 0.25) is 0 Å². The maximum Gasteiger partial charge on any atom is 0.166 e. The number of carbonyl (C=O) groups excluding carboxylic acids is 2. The predicted octanol–water partition coefficient (Wildman–Crippen LogP) is 2.64. The van der Waals surface area contributed by atoms with Crippen LogP contribution in [0, 0.1) is 11.8 Å². The maximum atomic E-state index is 12.1. The van der Waals surface area contributed by atoms with Gasteiger partial charge in [-0.05, 0) is 30.1 Å². The second-order valence-electron chi connectivity index (χ2n) is 4.81. The summed E-state index contributed by atoms with van der Waals surface area (Å²) in [6, 6.07) is 9.78. The first kappa shape index (κ1) is 10.5. The molecule has 2 heteroatoms. The molecule has 3 rings (SSSR count). The number of allylic oxidation sites excluding steroid dienone is 2. The highest BCUT2D eigenvalue weighted by atomic mass is 16.2. The van der Waals surface area contributed by atoms with Crippen LogP contribution in [0.25, 0.3) is 5.57 Å². The van der Waals surface area contributed by atoms with Crippen LogP contribution >= 0.6 is 0 Å². The van der Waals surface area contributed by atoms with Crippen molar-refractivity contribution in [2.45, 2.75) is 19.3 Å². The summed E-state index contributed by atoms with van der Waals surface area (Å²) in [6.07, 6.45) is 4.32. The Balaban J connectivity index is 2.08. The minimum atomic E-state index is -0.346. The number of benzene rings is 1. The van der Waals surface area contributed by atoms with Gasteiger partial charge in [0.25, 0.3) is 0 Å². The fourth-order valence-corrected chi connectivity index (χ4v) is 2.91. The molecule has 2 aliphatic carbocycles. The van der Waals surface area contributed by atoms with Crippen LogP contribution in [0.2, 0.25) is 0 Å². The second-order valence-corrected chi connectivity index (χ2v) is 4.81. The van der Waals surface area contributed by atoms with Crippen molar-refractivity contribution in [2.75, 3.05) is 0 Å². The van der Waals surface area contributed by atoms with E-state index in [2.05, 4.69) is 0 Å². The van der Waals surface area contributed by atoms with E-state index >= 15 is 0 Å². The highest BCUT2D eigenvalue weighted by Gasteiger charge is 2.40. The molecule has 2 bridgehead atoms. The lowest BCUT2D eigenvalue weighted by atomic mass is 9.69. The van der Waals surface area contributed by atoms with Crippen LogP contribution in [0.5, 0.6) is 0 Å². The second kappa shape index (κ2) is 3.95. The Labute approximate surface area is 100 Å². The first-order valence-electron chi connectivity index (χ1n) is 6.12. The quantitative estimate of drug-likeness (QED) is 0.690. The summed E-state index contributed by atoms with van der Waals surface area (Å²) in [5.41, 5.74) is 1.94. The standard InChI is InChI=1S/C15H14O2/c16-14-9-13(10-5-2-1-3-6-10)11-7-4-8-12(14)15(11)17/h1-3,5-6,9,11-12H,4,7-8H2. The van der Waals surface area contributed by atoms with Gasteiger partial charge >= 0.3 is 0 Å². The molecule has 0 N–H and O–H groups in total. The maximum absolute atomic E-state index is 12.1. The van der Waals surface area contributed by atoms with E-state index in [1.807, 2.05) is 30.3 Å². The van der Waals surface area contributed by atoms with Crippen LogP contribution in [-0.4, -0.2) is 11.6 Å². The lowest BCUT2D eigenvalue weighted by Gasteiger charge is -2.32. The highest BCUT2D eigenvalue weighted by molar-refractivity contribution is 6.18. The van der Waals surface area contributed by atoms with Gasteiger partial charge in [0.1, 0.15) is 0 Å². The number of ketones is 2. The molecular weight excluding hydrogens is 212 g/mol. The Morgan fingerprint density at radius 1 is 0.941 bits per heavy atom. The lowest BCUT2D eigenvalue weighted by Crippen LogP contribution is -2.37. The number of hydrogen-bond donors (Lipinski definition) is 0. The Hall–Kier alpha value is -1.70. The van der Waals surface area contributed by atoms with Crippen LogP contribution in [0.4, 0.5) is 0 Å². The third kappa shape index (κ3) is 1.64. The summed E-state index contributed by atoms with van der Waals surface area (Å²) in [5.74, 6) is -0.248. The van der Waals surface area contributed by atoms with Gasteiger partial charge in [0.15, 0.2) is 11.6 Å². The summed E-state index contributed by atoms with van der Waals surface area (Å²) in [5, 5.41) is 0. The van der Waals surface area contributed by atoms with Crippen molar-refractivity contribution in [2.24, 2.45) is 11.8 Å². The molecule has 1 fully saturated rings. The van der Waals surface area contributed by atoms with E-state index in [1.165, 1.54) is 0 Å². The average Bonchev–Trinajstić information content (AvgIpc) is 2.35. The van der Waals surface area contributed by atoms with Crippen LogP contribution in [-0.2, 0) is 9.59 Å². The molecule has 86 valence electrons. The van der Waals surface area contributed by atoms with Gasteiger partial charge in [-0.2, -0.15) is 0 Å². The van der Waals surface area contributed by atoms with E-state index in [9.17, 15) is 9.59 Å². The van der Waals surface area contributed by atoms with Crippen molar-refractivity contribution in [3.8, 4) is 0 Å². The fraction of sp³-hybridized carbons (Fsp3) is 0.333. The van der Waals surface area contributed by atoms with Gasteiger partial charge < -0.3 is 0 Å². The van der Waals surface area contributed by atoms with Gasteiger partial charge in [-0.15, -0.1) is 0 Å². The minimum Gasteiger partial charge on any atom is -0.298 e. The van der Waals surface area contributed by atoms with Crippen molar-refractivity contribution in [1.82, 2.24) is 0 Å². The molecule has 17 heavy (non-hydrogen) atoms. The molecule has 0 saturated heterocycles. The van der Waals surface area contributed by atoms with Crippen LogP contribution in [0.15, 0.2) is 36.4 Å². The van der Waals surface area contributed by atoms with E-state index in [-0.39, 0.29) is 23.4 Å². The van der Waals surface area contributed by atoms with E-state index < -0.39 is 0 Å². The molecule has 2 aliphatic rings. The van der Waals surface area contributed by atoms with Crippen LogP contribution < -0.4 is 0 Å². The first-order chi connectivity index (χ1) is 8.27. The summed E-state index contributed by atoms with van der Waals surface area (Å²) in [7, 11) is 0. The van der Waals surface area contributed by atoms with Crippen molar-refractivity contribution < 1.29 is 9.59 Å². The molecule has 0 amide bonds. The Morgan fingerprint density at radius 2 is 1.65 bits per heavy atom. The Bertz CT molecular complexity index is 499. The molecule has 1 aromatic carbocycles. The molecule has 0 spiro atoms. The van der Waals surface area contributed by atoms with Crippen molar-refractivity contribution in [1.29, 1.82) is 0 Å². The molecule has 1 saturated carbocycles. The van der Waals surface area contributed by atoms with Gasteiger partial charge in [0.05, 0.1) is 5.92 Å². The average molecular weight is 226 g/mol. The van der Waals surface area contributed by atoms with Crippen molar-refractivity contribution in [3.05, 3.63) is 42.0 Å². The monoisotopic (exact) mass is 226 g/mol. The Morgan fingerprint density at radius 3 is 2.41 bits per heavy atom. The van der Waals surface area contributed by atoms with E-state index in [0.717, 1.165) is 30.4 Å². The largest absolute Gasteiger partial charge is 0.298 e. The van der Waals surface area contributed by atoms with E-state index in [4.69, 9.17) is 0 Å². The molecule has 2 atom stereocenters. The molecule has 2 unspecified atom stereocenters. The highest BCUT2D eigenvalue weighted by Crippen LogP contribution is 2.39. The van der Waals surface area contributed by atoms with Gasteiger partial charge in [-0.1, -0.05) is 36.8 Å². The van der Waals surface area contributed by atoms with Crippen LogP contribution in [0.3, 0.4) is 0 Å². The molecular formula is C15H14O2. The molecule has 1 aromatic rings. The van der Waals surface area contributed by atoms with Crippen LogP contribution in [0.1, 0.15) is 24.8 Å². The third-order valence-corrected chi connectivity index (χ3v) is 3.80. The first-order valence-corrected chi connectivity index (χ1v) is 6.12. The molecule has 0 radical (unpaired) electrons. The topological polar surface area (TPSA) is 34.1 Å². The molecule has 0 heterocycles. The summed E-state index contributed by atoms with van der Waals surface area (Å²) in [6.45, 7) is 0. The zero-order valence-electron chi connectivity index (χ0n) is 9.56. The molecule has 2 nitrogen and oxygen atoms in total. The number of Topliss-reactive ketones (excluding diaryl/α,β-unsaturated/α-hetero) is 1. The predicted molar refractivity (Wildman–Crippen MR) is 65.3 cm³/mol. The summed E-state index contributed by atoms with van der Waals surface area (Å²) < 4.78 is 0. The fourth-order valence-electron chi connectivity index (χ4n) is 2.91. The lowest BCUT2D eigenvalue weighted by molar-refractivity contribution is -0.134. The zero-order valence-corrected chi connectivity index (χ0v) is 9.56. The molecule has 0 aliphatic heterocycles. The number of rotatable bonds is 1. The number of fused-ring (bicyclic) bond motifs is 2. The number of hydrogen-bond acceptors (Lipinski definition) is 2.